The van der Waals surface area contributed by atoms with Crippen LogP contribution in [0.4, 0.5) is 5.82 Å². The van der Waals surface area contributed by atoms with Crippen molar-refractivity contribution in [1.29, 1.82) is 0 Å². The van der Waals surface area contributed by atoms with Gasteiger partial charge in [-0.15, -0.1) is 0 Å². The van der Waals surface area contributed by atoms with E-state index in [4.69, 9.17) is 0 Å². The van der Waals surface area contributed by atoms with Crippen molar-refractivity contribution in [3.05, 3.63) is 17.6 Å². The molecule has 2 fully saturated rings. The van der Waals surface area contributed by atoms with Gasteiger partial charge in [-0.25, -0.2) is 9.97 Å². The lowest BCUT2D eigenvalue weighted by atomic mass is 9.94. The number of rotatable bonds is 2. The number of anilines is 1. The SMILES string of the molecule is CN1CCc2ncnc(N3CCC[C@H](C(=O)N4CCCCC4)C3)c2C1. The molecule has 1 aromatic rings. The lowest BCUT2D eigenvalue weighted by Crippen LogP contribution is -2.47. The summed E-state index contributed by atoms with van der Waals surface area (Å²) in [5.41, 5.74) is 2.45. The summed E-state index contributed by atoms with van der Waals surface area (Å²) in [6, 6.07) is 0. The van der Waals surface area contributed by atoms with Crippen LogP contribution in [0, 0.1) is 5.92 Å². The largest absolute Gasteiger partial charge is 0.355 e. The third-order valence-corrected chi connectivity index (χ3v) is 5.91. The van der Waals surface area contributed by atoms with Crippen molar-refractivity contribution in [3.63, 3.8) is 0 Å². The molecule has 1 amide bonds. The van der Waals surface area contributed by atoms with Gasteiger partial charge >= 0.3 is 0 Å². The van der Waals surface area contributed by atoms with Gasteiger partial charge in [0.1, 0.15) is 12.1 Å². The summed E-state index contributed by atoms with van der Waals surface area (Å²) in [7, 11) is 2.15. The molecule has 6 heteroatoms. The second kappa shape index (κ2) is 7.28. The summed E-state index contributed by atoms with van der Waals surface area (Å²) >= 11 is 0. The lowest BCUT2D eigenvalue weighted by molar-refractivity contribution is -0.136. The average molecular weight is 343 g/mol. The highest BCUT2D eigenvalue weighted by Crippen LogP contribution is 2.29. The third-order valence-electron chi connectivity index (χ3n) is 5.91. The molecule has 0 N–H and O–H groups in total. The van der Waals surface area contributed by atoms with E-state index in [1.165, 1.54) is 17.7 Å². The monoisotopic (exact) mass is 343 g/mol. The lowest BCUT2D eigenvalue weighted by Gasteiger charge is -2.38. The van der Waals surface area contributed by atoms with E-state index < -0.39 is 0 Å². The van der Waals surface area contributed by atoms with E-state index in [1.807, 2.05) is 0 Å². The fourth-order valence-electron chi connectivity index (χ4n) is 4.48. The van der Waals surface area contributed by atoms with E-state index in [0.717, 1.165) is 77.2 Å². The molecule has 6 nitrogen and oxygen atoms in total. The molecular formula is C19H29N5O. The smallest absolute Gasteiger partial charge is 0.227 e. The van der Waals surface area contributed by atoms with E-state index in [0.29, 0.717) is 5.91 Å². The van der Waals surface area contributed by atoms with E-state index >= 15 is 0 Å². The Labute approximate surface area is 150 Å². The van der Waals surface area contributed by atoms with Gasteiger partial charge in [-0.05, 0) is 39.2 Å². The summed E-state index contributed by atoms with van der Waals surface area (Å²) in [6.07, 6.45) is 8.36. The van der Waals surface area contributed by atoms with Crippen molar-refractivity contribution in [2.24, 2.45) is 5.92 Å². The standard InChI is InChI=1S/C19H29N5O/c1-22-11-7-17-16(13-22)18(21-14-20-17)24-10-5-6-15(12-24)19(25)23-8-3-2-4-9-23/h14-15H,2-13H2,1H3/t15-/m0/s1. The van der Waals surface area contributed by atoms with Gasteiger partial charge in [0.05, 0.1) is 11.6 Å². The number of nitrogens with zero attached hydrogens (tertiary/aromatic N) is 5. The number of piperidine rings is 2. The number of hydrogen-bond acceptors (Lipinski definition) is 5. The molecule has 0 aromatic carbocycles. The van der Waals surface area contributed by atoms with Crippen LogP contribution in [0.5, 0.6) is 0 Å². The summed E-state index contributed by atoms with van der Waals surface area (Å²) in [4.78, 5) is 28.8. The minimum atomic E-state index is 0.124. The van der Waals surface area contributed by atoms with E-state index in [-0.39, 0.29) is 5.92 Å². The zero-order chi connectivity index (χ0) is 17.2. The number of likely N-dealkylation sites (tertiary alicyclic amines) is 1. The quantitative estimate of drug-likeness (QED) is 0.818. The Hall–Kier alpha value is -1.69. The summed E-state index contributed by atoms with van der Waals surface area (Å²) in [5, 5.41) is 0. The number of carbonyl (C=O) groups is 1. The zero-order valence-corrected chi connectivity index (χ0v) is 15.3. The van der Waals surface area contributed by atoms with Crippen molar-refractivity contribution >= 4 is 11.7 Å². The van der Waals surface area contributed by atoms with Crippen molar-refractivity contribution in [3.8, 4) is 0 Å². The van der Waals surface area contributed by atoms with Crippen LogP contribution in [0.2, 0.25) is 0 Å². The highest BCUT2D eigenvalue weighted by atomic mass is 16.2. The maximum Gasteiger partial charge on any atom is 0.227 e. The Morgan fingerprint density at radius 1 is 1.08 bits per heavy atom. The van der Waals surface area contributed by atoms with Crippen molar-refractivity contribution in [2.45, 2.75) is 45.1 Å². The van der Waals surface area contributed by atoms with Crippen molar-refractivity contribution < 1.29 is 4.79 Å². The highest BCUT2D eigenvalue weighted by molar-refractivity contribution is 5.80. The Bertz CT molecular complexity index is 628. The molecule has 1 atom stereocenters. The van der Waals surface area contributed by atoms with Crippen LogP contribution in [0.25, 0.3) is 0 Å². The fraction of sp³-hybridized carbons (Fsp3) is 0.737. The summed E-state index contributed by atoms with van der Waals surface area (Å²) in [6.45, 7) is 5.66. The van der Waals surface area contributed by atoms with Gasteiger partial charge in [-0.3, -0.25) is 4.79 Å². The number of aromatic nitrogens is 2. The van der Waals surface area contributed by atoms with Gasteiger partial charge in [-0.1, -0.05) is 0 Å². The van der Waals surface area contributed by atoms with Crippen LogP contribution >= 0.6 is 0 Å². The van der Waals surface area contributed by atoms with Crippen LogP contribution in [0.15, 0.2) is 6.33 Å². The number of fused-ring (bicyclic) bond motifs is 1. The molecule has 0 saturated carbocycles. The van der Waals surface area contributed by atoms with Gasteiger partial charge in [0.15, 0.2) is 0 Å². The van der Waals surface area contributed by atoms with Crippen molar-refractivity contribution in [1.82, 2.24) is 19.8 Å². The molecule has 4 heterocycles. The Morgan fingerprint density at radius 2 is 1.92 bits per heavy atom. The molecule has 0 unspecified atom stereocenters. The van der Waals surface area contributed by atoms with Crippen LogP contribution in [-0.2, 0) is 17.8 Å². The Kier molecular flexibility index (Phi) is 4.88. The van der Waals surface area contributed by atoms with Gasteiger partial charge in [0.2, 0.25) is 5.91 Å². The number of likely N-dealkylation sites (N-methyl/N-ethyl adjacent to an activating group) is 1. The fourth-order valence-corrected chi connectivity index (χ4v) is 4.48. The second-order valence-corrected chi connectivity index (χ2v) is 7.78. The van der Waals surface area contributed by atoms with Crippen LogP contribution in [0.1, 0.15) is 43.4 Å². The number of hydrogen-bond donors (Lipinski definition) is 0. The van der Waals surface area contributed by atoms with E-state index in [1.54, 1.807) is 6.33 Å². The van der Waals surface area contributed by atoms with Crippen LogP contribution < -0.4 is 4.90 Å². The minimum Gasteiger partial charge on any atom is -0.355 e. The molecule has 0 spiro atoms. The predicted molar refractivity (Wildman–Crippen MR) is 97.4 cm³/mol. The normalized spacial score (nSPS) is 24.9. The molecule has 4 rings (SSSR count). The first kappa shape index (κ1) is 16.8. The molecule has 0 aliphatic carbocycles. The van der Waals surface area contributed by atoms with E-state index in [2.05, 4.69) is 31.7 Å². The molecule has 0 bridgehead atoms. The first-order valence-electron chi connectivity index (χ1n) is 9.77. The second-order valence-electron chi connectivity index (χ2n) is 7.78. The number of carbonyl (C=O) groups excluding carboxylic acids is 1. The molecule has 3 aliphatic heterocycles. The summed E-state index contributed by atoms with van der Waals surface area (Å²) < 4.78 is 0. The van der Waals surface area contributed by atoms with Gasteiger partial charge < -0.3 is 14.7 Å². The maximum absolute atomic E-state index is 12.9. The molecule has 2 saturated heterocycles. The molecule has 0 radical (unpaired) electrons. The third kappa shape index (κ3) is 3.50. The van der Waals surface area contributed by atoms with Gasteiger partial charge in [0, 0.05) is 51.3 Å². The van der Waals surface area contributed by atoms with Crippen molar-refractivity contribution in [2.75, 3.05) is 44.7 Å². The Morgan fingerprint density at radius 3 is 2.76 bits per heavy atom. The number of amides is 1. The molecule has 136 valence electrons. The minimum absolute atomic E-state index is 0.124. The predicted octanol–water partition coefficient (Wildman–Crippen LogP) is 1.69. The first-order chi connectivity index (χ1) is 12.2. The zero-order valence-electron chi connectivity index (χ0n) is 15.3. The van der Waals surface area contributed by atoms with E-state index in [9.17, 15) is 4.79 Å². The first-order valence-corrected chi connectivity index (χ1v) is 9.77. The van der Waals surface area contributed by atoms with Gasteiger partial charge in [-0.2, -0.15) is 0 Å². The molecule has 1 aromatic heterocycles. The molecular weight excluding hydrogens is 314 g/mol. The van der Waals surface area contributed by atoms with Crippen LogP contribution in [-0.4, -0.2) is 65.4 Å². The average Bonchev–Trinajstić information content (AvgIpc) is 2.67. The van der Waals surface area contributed by atoms with Gasteiger partial charge in [0.25, 0.3) is 0 Å². The van der Waals surface area contributed by atoms with Crippen LogP contribution in [0.3, 0.4) is 0 Å². The Balaban J connectivity index is 1.51. The summed E-state index contributed by atoms with van der Waals surface area (Å²) in [5.74, 6) is 1.55. The molecule has 25 heavy (non-hydrogen) atoms. The maximum atomic E-state index is 12.9. The highest BCUT2D eigenvalue weighted by Gasteiger charge is 2.32. The topological polar surface area (TPSA) is 52.6 Å². The molecule has 3 aliphatic rings.